The molecule has 1 atom stereocenters. The molecule has 0 saturated heterocycles. The quantitative estimate of drug-likeness (QED) is 0.328. The minimum absolute atomic E-state index is 0. The molecule has 2 aromatic rings. The van der Waals surface area contributed by atoms with Gasteiger partial charge in [0, 0.05) is 41.9 Å². The Morgan fingerprint density at radius 1 is 1.38 bits per heavy atom. The van der Waals surface area contributed by atoms with Gasteiger partial charge >= 0.3 is 0 Å². The highest BCUT2D eigenvalue weighted by Crippen LogP contribution is 2.21. The third kappa shape index (κ3) is 6.13. The van der Waals surface area contributed by atoms with Crippen LogP contribution in [0.2, 0.25) is 5.02 Å². The SMILES string of the molecule is CN=C(NCc1ccc(Br)cc1Cl)NC(C)Cc1c(C)nn(C)c1C.I. The molecule has 1 heterocycles. The van der Waals surface area contributed by atoms with Crippen molar-refractivity contribution in [3.8, 4) is 0 Å². The van der Waals surface area contributed by atoms with Crippen molar-refractivity contribution in [2.75, 3.05) is 7.05 Å². The van der Waals surface area contributed by atoms with Gasteiger partial charge in [0.2, 0.25) is 0 Å². The molecule has 1 unspecified atom stereocenters. The fourth-order valence-electron chi connectivity index (χ4n) is 2.74. The van der Waals surface area contributed by atoms with Crippen LogP contribution in [0, 0.1) is 13.8 Å². The third-order valence-corrected chi connectivity index (χ3v) is 5.08. The van der Waals surface area contributed by atoms with Crippen molar-refractivity contribution in [2.45, 2.75) is 39.8 Å². The Labute approximate surface area is 186 Å². The molecule has 2 rings (SSSR count). The normalized spacial score (nSPS) is 12.5. The summed E-state index contributed by atoms with van der Waals surface area (Å²) in [6, 6.07) is 6.10. The zero-order valence-electron chi connectivity index (χ0n) is 15.7. The van der Waals surface area contributed by atoms with Crippen molar-refractivity contribution >= 4 is 57.5 Å². The van der Waals surface area contributed by atoms with E-state index in [1.54, 1.807) is 7.05 Å². The van der Waals surface area contributed by atoms with E-state index in [9.17, 15) is 0 Å². The maximum Gasteiger partial charge on any atom is 0.191 e. The molecule has 0 saturated carbocycles. The molecule has 0 spiro atoms. The summed E-state index contributed by atoms with van der Waals surface area (Å²) in [5.41, 5.74) is 4.60. The molecule has 1 aromatic heterocycles. The summed E-state index contributed by atoms with van der Waals surface area (Å²) < 4.78 is 2.90. The van der Waals surface area contributed by atoms with Crippen molar-refractivity contribution in [3.05, 3.63) is 50.2 Å². The minimum Gasteiger partial charge on any atom is -0.354 e. The second-order valence-electron chi connectivity index (χ2n) is 6.18. The first-order chi connectivity index (χ1) is 11.8. The van der Waals surface area contributed by atoms with E-state index >= 15 is 0 Å². The first-order valence-corrected chi connectivity index (χ1v) is 9.39. The fourth-order valence-corrected chi connectivity index (χ4v) is 3.48. The van der Waals surface area contributed by atoms with Crippen LogP contribution in [0.1, 0.15) is 29.4 Å². The lowest BCUT2D eigenvalue weighted by atomic mass is 10.1. The summed E-state index contributed by atoms with van der Waals surface area (Å²) in [5, 5.41) is 12.0. The van der Waals surface area contributed by atoms with Crippen molar-refractivity contribution < 1.29 is 0 Å². The van der Waals surface area contributed by atoms with E-state index in [1.807, 2.05) is 29.9 Å². The molecule has 8 heteroatoms. The highest BCUT2D eigenvalue weighted by atomic mass is 127. The van der Waals surface area contributed by atoms with Gasteiger partial charge in [-0.25, -0.2) is 0 Å². The molecule has 0 aliphatic rings. The Hall–Kier alpha value is -0.800. The van der Waals surface area contributed by atoms with Crippen LogP contribution in [0.15, 0.2) is 27.7 Å². The van der Waals surface area contributed by atoms with Crippen LogP contribution < -0.4 is 10.6 Å². The van der Waals surface area contributed by atoms with Gasteiger partial charge in [0.05, 0.1) is 5.69 Å². The lowest BCUT2D eigenvalue weighted by Crippen LogP contribution is -2.42. The zero-order valence-corrected chi connectivity index (χ0v) is 20.4. The van der Waals surface area contributed by atoms with Crippen LogP contribution in [-0.4, -0.2) is 28.8 Å². The van der Waals surface area contributed by atoms with E-state index in [2.05, 4.69) is 57.4 Å². The summed E-state index contributed by atoms with van der Waals surface area (Å²) in [4.78, 5) is 4.30. The van der Waals surface area contributed by atoms with E-state index in [0.717, 1.165) is 33.1 Å². The average Bonchev–Trinajstić information content (AvgIpc) is 2.79. The van der Waals surface area contributed by atoms with Gasteiger partial charge in [-0.1, -0.05) is 33.6 Å². The Morgan fingerprint density at radius 3 is 2.62 bits per heavy atom. The number of hydrogen-bond acceptors (Lipinski definition) is 2. The number of aromatic nitrogens is 2. The molecule has 144 valence electrons. The van der Waals surface area contributed by atoms with Crippen molar-refractivity contribution in [3.63, 3.8) is 0 Å². The molecular formula is C18H26BrClIN5. The topological polar surface area (TPSA) is 54.2 Å². The molecule has 5 nitrogen and oxygen atoms in total. The number of nitrogens with zero attached hydrogens (tertiary/aromatic N) is 3. The number of nitrogens with one attached hydrogen (secondary N) is 2. The maximum atomic E-state index is 6.27. The molecular weight excluding hydrogens is 528 g/mol. The summed E-state index contributed by atoms with van der Waals surface area (Å²) in [5.74, 6) is 0.755. The van der Waals surface area contributed by atoms with Crippen LogP contribution in [0.5, 0.6) is 0 Å². The van der Waals surface area contributed by atoms with Crippen LogP contribution >= 0.6 is 51.5 Å². The summed E-state index contributed by atoms with van der Waals surface area (Å²) in [7, 11) is 3.75. The Balaban J connectivity index is 0.00000338. The second-order valence-corrected chi connectivity index (χ2v) is 7.51. The van der Waals surface area contributed by atoms with Crippen LogP contribution in [-0.2, 0) is 20.0 Å². The van der Waals surface area contributed by atoms with E-state index in [0.29, 0.717) is 6.54 Å². The maximum absolute atomic E-state index is 6.27. The van der Waals surface area contributed by atoms with Gasteiger partial charge in [-0.3, -0.25) is 9.67 Å². The summed E-state index contributed by atoms with van der Waals surface area (Å²) >= 11 is 9.69. The predicted molar refractivity (Wildman–Crippen MR) is 124 cm³/mol. The number of aryl methyl sites for hydroxylation is 2. The Bertz CT molecular complexity index is 775. The summed E-state index contributed by atoms with van der Waals surface area (Å²) in [6.07, 6.45) is 0.894. The highest BCUT2D eigenvalue weighted by molar-refractivity contribution is 14.0. The smallest absolute Gasteiger partial charge is 0.191 e. The molecule has 0 amide bonds. The van der Waals surface area contributed by atoms with Crippen molar-refractivity contribution in [2.24, 2.45) is 12.0 Å². The van der Waals surface area contributed by atoms with Crippen LogP contribution in [0.3, 0.4) is 0 Å². The minimum atomic E-state index is 0. The van der Waals surface area contributed by atoms with Gasteiger partial charge in [-0.15, -0.1) is 24.0 Å². The molecule has 0 aliphatic carbocycles. The standard InChI is InChI=1S/C18H25BrClN5.HI/c1-11(8-16-12(2)24-25(5)13(16)3)23-18(21-4)22-10-14-6-7-15(19)9-17(14)20;/h6-7,9,11H,8,10H2,1-5H3,(H2,21,22,23);1H. The largest absolute Gasteiger partial charge is 0.354 e. The molecule has 0 radical (unpaired) electrons. The Kier molecular flexibility index (Phi) is 9.40. The zero-order chi connectivity index (χ0) is 18.6. The van der Waals surface area contributed by atoms with E-state index < -0.39 is 0 Å². The fraction of sp³-hybridized carbons (Fsp3) is 0.444. The van der Waals surface area contributed by atoms with E-state index in [-0.39, 0.29) is 30.0 Å². The van der Waals surface area contributed by atoms with Gasteiger partial charge < -0.3 is 10.6 Å². The highest BCUT2D eigenvalue weighted by Gasteiger charge is 2.14. The molecule has 0 fully saturated rings. The van der Waals surface area contributed by atoms with E-state index in [1.165, 1.54) is 11.3 Å². The first kappa shape index (κ1) is 23.2. The lowest BCUT2D eigenvalue weighted by Gasteiger charge is -2.18. The third-order valence-electron chi connectivity index (χ3n) is 4.24. The predicted octanol–water partition coefficient (Wildman–Crippen LogP) is 4.37. The van der Waals surface area contributed by atoms with Gasteiger partial charge in [-0.2, -0.15) is 5.10 Å². The number of aliphatic imine (C=N–C) groups is 1. The van der Waals surface area contributed by atoms with Gasteiger partial charge in [-0.05, 0) is 50.5 Å². The van der Waals surface area contributed by atoms with Crippen molar-refractivity contribution in [1.82, 2.24) is 20.4 Å². The Morgan fingerprint density at radius 2 is 2.08 bits per heavy atom. The van der Waals surface area contributed by atoms with Gasteiger partial charge in [0.25, 0.3) is 0 Å². The molecule has 1 aromatic carbocycles. The van der Waals surface area contributed by atoms with E-state index in [4.69, 9.17) is 11.6 Å². The molecule has 26 heavy (non-hydrogen) atoms. The van der Waals surface area contributed by atoms with Gasteiger partial charge in [0.1, 0.15) is 0 Å². The number of rotatable bonds is 5. The van der Waals surface area contributed by atoms with Crippen LogP contribution in [0.4, 0.5) is 0 Å². The lowest BCUT2D eigenvalue weighted by molar-refractivity contribution is 0.635. The van der Waals surface area contributed by atoms with Crippen molar-refractivity contribution in [1.29, 1.82) is 0 Å². The molecule has 2 N–H and O–H groups in total. The number of benzene rings is 1. The van der Waals surface area contributed by atoms with Crippen LogP contribution in [0.25, 0.3) is 0 Å². The average molecular weight is 555 g/mol. The number of hydrogen-bond donors (Lipinski definition) is 2. The first-order valence-electron chi connectivity index (χ1n) is 8.22. The number of halogens is 3. The number of guanidine groups is 1. The monoisotopic (exact) mass is 553 g/mol. The van der Waals surface area contributed by atoms with Gasteiger partial charge in [0.15, 0.2) is 5.96 Å². The summed E-state index contributed by atoms with van der Waals surface area (Å²) in [6.45, 7) is 6.91. The second kappa shape index (κ2) is 10.5. The molecule has 0 aliphatic heterocycles. The molecule has 0 bridgehead atoms.